The van der Waals surface area contributed by atoms with Crippen molar-refractivity contribution in [2.75, 3.05) is 18.4 Å². The van der Waals surface area contributed by atoms with Crippen molar-refractivity contribution in [2.24, 2.45) is 7.05 Å². The summed E-state index contributed by atoms with van der Waals surface area (Å²) in [5.74, 6) is 0. The summed E-state index contributed by atoms with van der Waals surface area (Å²) in [6.07, 6.45) is 2.30. The molecule has 1 saturated heterocycles. The number of aromatic nitrogens is 2. The molecule has 5 nitrogen and oxygen atoms in total. The van der Waals surface area contributed by atoms with Crippen LogP contribution in [0.15, 0.2) is 53.3 Å². The number of nitrogens with one attached hydrogen (secondary N) is 1. The van der Waals surface area contributed by atoms with Crippen LogP contribution in [0.2, 0.25) is 0 Å². The van der Waals surface area contributed by atoms with Crippen LogP contribution in [0.25, 0.3) is 5.69 Å². The van der Waals surface area contributed by atoms with Crippen LogP contribution < -0.4 is 10.9 Å². The Labute approximate surface area is 178 Å². The molecule has 3 aromatic rings. The van der Waals surface area contributed by atoms with Gasteiger partial charge >= 0.3 is 0 Å². The monoisotopic (exact) mass is 404 g/mol. The smallest absolute Gasteiger partial charge is 0.276 e. The van der Waals surface area contributed by atoms with E-state index in [9.17, 15) is 4.79 Å². The highest BCUT2D eigenvalue weighted by Crippen LogP contribution is 2.21. The Kier molecular flexibility index (Phi) is 5.82. The number of hydrogen-bond donors (Lipinski definition) is 1. The quantitative estimate of drug-likeness (QED) is 0.694. The van der Waals surface area contributed by atoms with Crippen molar-refractivity contribution < 1.29 is 0 Å². The van der Waals surface area contributed by atoms with Crippen molar-refractivity contribution in [3.8, 4) is 5.69 Å². The van der Waals surface area contributed by atoms with Crippen molar-refractivity contribution in [3.63, 3.8) is 0 Å². The summed E-state index contributed by atoms with van der Waals surface area (Å²) in [6, 6.07) is 16.9. The zero-order valence-corrected chi connectivity index (χ0v) is 18.5. The minimum atomic E-state index is 0.0884. The lowest BCUT2D eigenvalue weighted by atomic mass is 10.0. The van der Waals surface area contributed by atoms with Gasteiger partial charge in [0.1, 0.15) is 0 Å². The lowest BCUT2D eigenvalue weighted by molar-refractivity contribution is 0.207. The maximum absolute atomic E-state index is 13.2. The molecule has 0 spiro atoms. The van der Waals surface area contributed by atoms with Crippen molar-refractivity contribution in [2.45, 2.75) is 46.2 Å². The van der Waals surface area contributed by atoms with Crippen molar-refractivity contribution in [1.29, 1.82) is 0 Å². The first-order valence-corrected chi connectivity index (χ1v) is 10.8. The molecular weight excluding hydrogens is 372 g/mol. The van der Waals surface area contributed by atoms with E-state index >= 15 is 0 Å². The largest absolute Gasteiger partial charge is 0.381 e. The second-order valence-corrected chi connectivity index (χ2v) is 8.56. The molecule has 0 unspecified atom stereocenters. The maximum atomic E-state index is 13.2. The zero-order chi connectivity index (χ0) is 21.3. The first-order chi connectivity index (χ1) is 14.4. The second kappa shape index (κ2) is 8.52. The van der Waals surface area contributed by atoms with Crippen LogP contribution in [0, 0.1) is 20.8 Å². The van der Waals surface area contributed by atoms with E-state index in [1.165, 1.54) is 16.8 Å². The van der Waals surface area contributed by atoms with E-state index in [1.807, 2.05) is 49.0 Å². The van der Waals surface area contributed by atoms with E-state index in [4.69, 9.17) is 0 Å². The number of para-hydroxylation sites is 1. The van der Waals surface area contributed by atoms with Crippen LogP contribution in [-0.4, -0.2) is 33.4 Å². The Balaban J connectivity index is 1.50. The van der Waals surface area contributed by atoms with E-state index in [-0.39, 0.29) is 5.56 Å². The Morgan fingerprint density at radius 1 is 1.03 bits per heavy atom. The summed E-state index contributed by atoms with van der Waals surface area (Å²) in [4.78, 5) is 15.6. The predicted octanol–water partition coefficient (Wildman–Crippen LogP) is 4.18. The molecule has 0 aliphatic carbocycles. The standard InChI is InChI=1S/C25H32N4O/c1-18-12-13-21(15-19(18)2)26-22-9-8-14-28(16-22)17-24-20(3)27(4)29(25(24)30)23-10-6-5-7-11-23/h5-7,10-13,15,22,26H,8-9,14,16-17H2,1-4H3/t22-/m0/s1. The van der Waals surface area contributed by atoms with Gasteiger partial charge in [-0.3, -0.25) is 14.4 Å². The SMILES string of the molecule is Cc1ccc(N[C@H]2CCCN(Cc3c(C)n(C)n(-c4ccccc4)c3=O)C2)cc1C. The average molecular weight is 405 g/mol. The van der Waals surface area contributed by atoms with Gasteiger partial charge in [-0.05, 0) is 75.5 Å². The first-order valence-electron chi connectivity index (χ1n) is 10.8. The molecule has 1 atom stereocenters. The molecule has 0 bridgehead atoms. The fourth-order valence-electron chi connectivity index (χ4n) is 4.41. The molecule has 1 aliphatic rings. The number of hydrogen-bond acceptors (Lipinski definition) is 3. The molecule has 1 aliphatic heterocycles. The normalized spacial score (nSPS) is 17.3. The molecule has 158 valence electrons. The highest BCUT2D eigenvalue weighted by molar-refractivity contribution is 5.49. The molecule has 1 N–H and O–H groups in total. The van der Waals surface area contributed by atoms with E-state index in [2.05, 4.69) is 42.3 Å². The highest BCUT2D eigenvalue weighted by atomic mass is 16.1. The number of aryl methyl sites for hydroxylation is 2. The van der Waals surface area contributed by atoms with E-state index in [1.54, 1.807) is 4.68 Å². The average Bonchev–Trinajstić information content (AvgIpc) is 2.95. The van der Waals surface area contributed by atoms with Gasteiger partial charge in [-0.25, -0.2) is 4.68 Å². The van der Waals surface area contributed by atoms with Crippen LogP contribution in [-0.2, 0) is 13.6 Å². The number of anilines is 1. The minimum Gasteiger partial charge on any atom is -0.381 e. The molecule has 0 amide bonds. The number of benzene rings is 2. The molecule has 5 heteroatoms. The van der Waals surface area contributed by atoms with E-state index in [0.29, 0.717) is 12.6 Å². The van der Waals surface area contributed by atoms with Gasteiger partial charge in [0.05, 0.1) is 11.3 Å². The fourth-order valence-corrected chi connectivity index (χ4v) is 4.41. The molecular formula is C25H32N4O. The Morgan fingerprint density at radius 3 is 2.53 bits per heavy atom. The van der Waals surface area contributed by atoms with Crippen LogP contribution in [0.1, 0.15) is 35.2 Å². The van der Waals surface area contributed by atoms with E-state index in [0.717, 1.165) is 42.9 Å². The molecule has 2 aromatic carbocycles. The molecule has 2 heterocycles. The molecule has 1 aromatic heterocycles. The van der Waals surface area contributed by atoms with Crippen molar-refractivity contribution in [1.82, 2.24) is 14.3 Å². The second-order valence-electron chi connectivity index (χ2n) is 8.56. The zero-order valence-electron chi connectivity index (χ0n) is 18.5. The van der Waals surface area contributed by atoms with Gasteiger partial charge in [0, 0.05) is 37.6 Å². The lowest BCUT2D eigenvalue weighted by Gasteiger charge is -2.33. The molecule has 4 rings (SSSR count). The molecule has 0 radical (unpaired) electrons. The third-order valence-electron chi connectivity index (χ3n) is 6.44. The van der Waals surface area contributed by atoms with E-state index < -0.39 is 0 Å². The lowest BCUT2D eigenvalue weighted by Crippen LogP contribution is -2.42. The van der Waals surface area contributed by atoms with Gasteiger partial charge in [0.15, 0.2) is 0 Å². The number of rotatable bonds is 5. The minimum absolute atomic E-state index is 0.0884. The van der Waals surface area contributed by atoms with Crippen LogP contribution in [0.3, 0.4) is 0 Å². The summed E-state index contributed by atoms with van der Waals surface area (Å²) in [6.45, 7) is 9.03. The van der Waals surface area contributed by atoms with Gasteiger partial charge in [-0.2, -0.15) is 0 Å². The maximum Gasteiger partial charge on any atom is 0.276 e. The summed E-state index contributed by atoms with van der Waals surface area (Å²) < 4.78 is 3.75. The van der Waals surface area contributed by atoms with Gasteiger partial charge in [0.2, 0.25) is 0 Å². The summed E-state index contributed by atoms with van der Waals surface area (Å²) >= 11 is 0. The van der Waals surface area contributed by atoms with Crippen LogP contribution >= 0.6 is 0 Å². The van der Waals surface area contributed by atoms with Gasteiger partial charge in [-0.1, -0.05) is 24.3 Å². The Hall–Kier alpha value is -2.79. The fraction of sp³-hybridized carbons (Fsp3) is 0.400. The van der Waals surface area contributed by atoms with Crippen molar-refractivity contribution in [3.05, 3.63) is 81.3 Å². The van der Waals surface area contributed by atoms with Crippen LogP contribution in [0.5, 0.6) is 0 Å². The Morgan fingerprint density at radius 2 is 1.80 bits per heavy atom. The molecule has 1 fully saturated rings. The first kappa shape index (κ1) is 20.5. The topological polar surface area (TPSA) is 42.2 Å². The number of likely N-dealkylation sites (tertiary alicyclic amines) is 1. The molecule has 0 saturated carbocycles. The van der Waals surface area contributed by atoms with Crippen molar-refractivity contribution >= 4 is 5.69 Å². The van der Waals surface area contributed by atoms with Gasteiger partial charge < -0.3 is 5.32 Å². The number of piperidine rings is 1. The summed E-state index contributed by atoms with van der Waals surface area (Å²) in [5, 5.41) is 3.71. The Bertz CT molecular complexity index is 1080. The third-order valence-corrected chi connectivity index (χ3v) is 6.44. The summed E-state index contributed by atoms with van der Waals surface area (Å²) in [5.41, 5.74) is 6.75. The highest BCUT2D eigenvalue weighted by Gasteiger charge is 2.23. The van der Waals surface area contributed by atoms with Crippen LogP contribution in [0.4, 0.5) is 5.69 Å². The third kappa shape index (κ3) is 4.08. The number of nitrogens with zero attached hydrogens (tertiary/aromatic N) is 3. The van der Waals surface area contributed by atoms with Gasteiger partial charge in [0.25, 0.3) is 5.56 Å². The molecule has 30 heavy (non-hydrogen) atoms. The van der Waals surface area contributed by atoms with Gasteiger partial charge in [-0.15, -0.1) is 0 Å². The predicted molar refractivity (Wildman–Crippen MR) is 124 cm³/mol. The summed E-state index contributed by atoms with van der Waals surface area (Å²) in [7, 11) is 1.97.